The summed E-state index contributed by atoms with van der Waals surface area (Å²) < 4.78 is 0. The van der Waals surface area contributed by atoms with Gasteiger partial charge in [0, 0.05) is 22.8 Å². The highest BCUT2D eigenvalue weighted by Gasteiger charge is 2.03. The van der Waals surface area contributed by atoms with Crippen LogP contribution in [-0.4, -0.2) is 16.4 Å². The number of benzene rings is 1. The van der Waals surface area contributed by atoms with Gasteiger partial charge in [-0.15, -0.1) is 11.8 Å². The first-order chi connectivity index (χ1) is 6.24. The van der Waals surface area contributed by atoms with E-state index in [4.69, 9.17) is 0 Å². The van der Waals surface area contributed by atoms with Crippen LogP contribution in [-0.2, 0) is 0 Å². The fourth-order valence-electron chi connectivity index (χ4n) is 0.828. The number of hydrogen-bond donors (Lipinski definition) is 1. The number of nitro groups is 1. The standard InChI is InChI=1S/C8H9NO2S2/c10-9(11)7-1-3-8(4-2-7)13-6-5-12/h1-4,12H,5-6H2. The summed E-state index contributed by atoms with van der Waals surface area (Å²) in [6.07, 6.45) is 0. The highest BCUT2D eigenvalue weighted by molar-refractivity contribution is 8.00. The van der Waals surface area contributed by atoms with Crippen molar-refractivity contribution in [1.29, 1.82) is 0 Å². The first-order valence-corrected chi connectivity index (χ1v) is 5.34. The first-order valence-electron chi connectivity index (χ1n) is 3.72. The number of non-ortho nitro benzene ring substituents is 1. The van der Waals surface area contributed by atoms with Crippen LogP contribution in [0.5, 0.6) is 0 Å². The molecule has 0 aliphatic rings. The van der Waals surface area contributed by atoms with Gasteiger partial charge >= 0.3 is 0 Å². The Balaban J connectivity index is 2.64. The van der Waals surface area contributed by atoms with E-state index in [9.17, 15) is 10.1 Å². The van der Waals surface area contributed by atoms with Crippen molar-refractivity contribution in [3.63, 3.8) is 0 Å². The summed E-state index contributed by atoms with van der Waals surface area (Å²) in [5.41, 5.74) is 0.134. The normalized spacial score (nSPS) is 9.92. The summed E-state index contributed by atoms with van der Waals surface area (Å²) in [5, 5.41) is 10.3. The van der Waals surface area contributed by atoms with E-state index >= 15 is 0 Å². The monoisotopic (exact) mass is 215 g/mol. The third-order valence-electron chi connectivity index (χ3n) is 1.41. The van der Waals surface area contributed by atoms with Gasteiger partial charge in [0.05, 0.1) is 4.92 Å². The summed E-state index contributed by atoms with van der Waals surface area (Å²) in [7, 11) is 0. The summed E-state index contributed by atoms with van der Waals surface area (Å²) in [6.45, 7) is 0. The highest BCUT2D eigenvalue weighted by atomic mass is 32.2. The van der Waals surface area contributed by atoms with E-state index in [0.29, 0.717) is 0 Å². The van der Waals surface area contributed by atoms with Crippen molar-refractivity contribution in [3.05, 3.63) is 34.4 Å². The van der Waals surface area contributed by atoms with Gasteiger partial charge in [0.2, 0.25) is 0 Å². The van der Waals surface area contributed by atoms with Crippen molar-refractivity contribution >= 4 is 30.1 Å². The largest absolute Gasteiger partial charge is 0.269 e. The first kappa shape index (κ1) is 10.4. The molecule has 0 fully saturated rings. The lowest BCUT2D eigenvalue weighted by Crippen LogP contribution is -1.87. The van der Waals surface area contributed by atoms with E-state index in [0.717, 1.165) is 16.4 Å². The van der Waals surface area contributed by atoms with Crippen molar-refractivity contribution in [2.45, 2.75) is 4.90 Å². The van der Waals surface area contributed by atoms with Crippen LogP contribution in [0, 0.1) is 10.1 Å². The van der Waals surface area contributed by atoms with Crippen molar-refractivity contribution in [2.75, 3.05) is 11.5 Å². The molecule has 0 aromatic heterocycles. The van der Waals surface area contributed by atoms with Crippen molar-refractivity contribution in [3.8, 4) is 0 Å². The van der Waals surface area contributed by atoms with Crippen LogP contribution in [0.4, 0.5) is 5.69 Å². The van der Waals surface area contributed by atoms with Crippen molar-refractivity contribution in [1.82, 2.24) is 0 Å². The zero-order chi connectivity index (χ0) is 9.68. The highest BCUT2D eigenvalue weighted by Crippen LogP contribution is 2.20. The molecule has 1 aromatic rings. The van der Waals surface area contributed by atoms with Gasteiger partial charge in [0.1, 0.15) is 0 Å². The molecule has 0 saturated heterocycles. The minimum atomic E-state index is -0.396. The third-order valence-corrected chi connectivity index (χ3v) is 2.95. The van der Waals surface area contributed by atoms with Gasteiger partial charge in [0.15, 0.2) is 0 Å². The Morgan fingerprint density at radius 3 is 2.46 bits per heavy atom. The Morgan fingerprint density at radius 1 is 1.38 bits per heavy atom. The Kier molecular flexibility index (Phi) is 4.11. The smallest absolute Gasteiger partial charge is 0.258 e. The Morgan fingerprint density at radius 2 is 2.00 bits per heavy atom. The number of thiol groups is 1. The molecule has 0 aliphatic carbocycles. The van der Waals surface area contributed by atoms with E-state index < -0.39 is 4.92 Å². The summed E-state index contributed by atoms with van der Waals surface area (Å²) in [5.74, 6) is 1.72. The maximum absolute atomic E-state index is 10.3. The number of nitro benzene ring substituents is 1. The number of rotatable bonds is 4. The van der Waals surface area contributed by atoms with E-state index in [2.05, 4.69) is 12.6 Å². The third kappa shape index (κ3) is 3.28. The van der Waals surface area contributed by atoms with Gasteiger partial charge in [-0.05, 0) is 17.9 Å². The number of nitrogens with zero attached hydrogens (tertiary/aromatic N) is 1. The van der Waals surface area contributed by atoms with Gasteiger partial charge < -0.3 is 0 Å². The lowest BCUT2D eigenvalue weighted by Gasteiger charge is -1.97. The average Bonchev–Trinajstić information content (AvgIpc) is 2.15. The molecule has 70 valence electrons. The molecule has 0 amide bonds. The number of thioether (sulfide) groups is 1. The van der Waals surface area contributed by atoms with E-state index in [1.807, 2.05) is 0 Å². The fraction of sp³-hybridized carbons (Fsp3) is 0.250. The second-order valence-electron chi connectivity index (χ2n) is 2.32. The second kappa shape index (κ2) is 5.14. The maximum atomic E-state index is 10.3. The molecule has 1 rings (SSSR count). The molecule has 13 heavy (non-hydrogen) atoms. The zero-order valence-corrected chi connectivity index (χ0v) is 8.55. The molecule has 0 saturated carbocycles. The van der Waals surface area contributed by atoms with E-state index in [1.54, 1.807) is 23.9 Å². The molecule has 0 spiro atoms. The van der Waals surface area contributed by atoms with Gasteiger partial charge in [-0.3, -0.25) is 10.1 Å². The minimum absolute atomic E-state index is 0.134. The van der Waals surface area contributed by atoms with Gasteiger partial charge in [-0.25, -0.2) is 0 Å². The molecule has 0 heterocycles. The summed E-state index contributed by atoms with van der Waals surface area (Å²) >= 11 is 5.72. The predicted octanol–water partition coefficient (Wildman–Crippen LogP) is 2.62. The van der Waals surface area contributed by atoms with E-state index in [1.165, 1.54) is 12.1 Å². The van der Waals surface area contributed by atoms with Crippen molar-refractivity contribution < 1.29 is 4.92 Å². The number of hydrogen-bond acceptors (Lipinski definition) is 4. The zero-order valence-electron chi connectivity index (χ0n) is 6.84. The molecule has 3 nitrogen and oxygen atoms in total. The molecular weight excluding hydrogens is 206 g/mol. The maximum Gasteiger partial charge on any atom is 0.269 e. The molecule has 5 heteroatoms. The van der Waals surface area contributed by atoms with Gasteiger partial charge in [-0.1, -0.05) is 0 Å². The van der Waals surface area contributed by atoms with Crippen LogP contribution in [0.1, 0.15) is 0 Å². The van der Waals surface area contributed by atoms with Gasteiger partial charge in [-0.2, -0.15) is 12.6 Å². The van der Waals surface area contributed by atoms with Crippen molar-refractivity contribution in [2.24, 2.45) is 0 Å². The molecular formula is C8H9NO2S2. The van der Waals surface area contributed by atoms with Crippen LogP contribution in [0.3, 0.4) is 0 Å². The lowest BCUT2D eigenvalue weighted by atomic mass is 10.3. The SMILES string of the molecule is O=[N+]([O-])c1ccc(SCCS)cc1. The van der Waals surface area contributed by atoms with E-state index in [-0.39, 0.29) is 5.69 Å². The van der Waals surface area contributed by atoms with Crippen LogP contribution >= 0.6 is 24.4 Å². The molecule has 0 atom stereocenters. The fourth-order valence-corrected chi connectivity index (χ4v) is 1.76. The summed E-state index contributed by atoms with van der Waals surface area (Å²) in [6, 6.07) is 6.54. The molecule has 0 N–H and O–H groups in total. The molecule has 0 radical (unpaired) electrons. The van der Waals surface area contributed by atoms with Crippen LogP contribution in [0.15, 0.2) is 29.2 Å². The quantitative estimate of drug-likeness (QED) is 0.363. The molecule has 1 aromatic carbocycles. The average molecular weight is 215 g/mol. The second-order valence-corrected chi connectivity index (χ2v) is 3.94. The molecule has 0 bridgehead atoms. The Labute approximate surface area is 86.1 Å². The summed E-state index contributed by atoms with van der Waals surface area (Å²) in [4.78, 5) is 11.0. The Hall–Kier alpha value is -0.680. The van der Waals surface area contributed by atoms with Crippen LogP contribution < -0.4 is 0 Å². The molecule has 0 aliphatic heterocycles. The van der Waals surface area contributed by atoms with Crippen LogP contribution in [0.25, 0.3) is 0 Å². The van der Waals surface area contributed by atoms with Gasteiger partial charge in [0.25, 0.3) is 5.69 Å². The Bertz CT molecular complexity index is 287. The minimum Gasteiger partial charge on any atom is -0.258 e. The topological polar surface area (TPSA) is 43.1 Å². The lowest BCUT2D eigenvalue weighted by molar-refractivity contribution is -0.384. The van der Waals surface area contributed by atoms with Crippen LogP contribution in [0.2, 0.25) is 0 Å². The molecule has 0 unspecified atom stereocenters. The predicted molar refractivity (Wildman–Crippen MR) is 57.7 cm³/mol.